The summed E-state index contributed by atoms with van der Waals surface area (Å²) in [4.78, 5) is 0. The topological polar surface area (TPSA) is 0 Å². The van der Waals surface area contributed by atoms with Crippen LogP contribution in [0.5, 0.6) is 0 Å². The van der Waals surface area contributed by atoms with Gasteiger partial charge in [0.25, 0.3) is 0 Å². The molecule has 6 rings (SSSR count). The Hall–Kier alpha value is -0.747. The minimum absolute atomic E-state index is 0. The van der Waals surface area contributed by atoms with Gasteiger partial charge in [0.15, 0.2) is 0 Å². The van der Waals surface area contributed by atoms with Crippen molar-refractivity contribution in [2.45, 2.75) is 143 Å². The first-order chi connectivity index (χ1) is 20.9. The molecule has 2 aromatic rings. The molecule has 0 spiro atoms. The Kier molecular flexibility index (Phi) is 17.0. The van der Waals surface area contributed by atoms with E-state index >= 15 is 0 Å². The van der Waals surface area contributed by atoms with Crippen LogP contribution in [0.15, 0.2) is 48.6 Å². The molecule has 46 heavy (non-hydrogen) atoms. The summed E-state index contributed by atoms with van der Waals surface area (Å²) in [5, 5.41) is 0. The van der Waals surface area contributed by atoms with Crippen molar-refractivity contribution < 1.29 is 49.0 Å². The van der Waals surface area contributed by atoms with Crippen LogP contribution in [0.25, 0.3) is 11.1 Å². The third-order valence-corrected chi connectivity index (χ3v) is 13.0. The van der Waals surface area contributed by atoms with Crippen molar-refractivity contribution >= 4 is 3.21 Å². The number of allylic oxidation sites excluding steroid dienone is 4. The molecule has 0 heterocycles. The molecule has 2 saturated carbocycles. The van der Waals surface area contributed by atoms with Crippen molar-refractivity contribution in [1.82, 2.24) is 0 Å². The number of hydrogen-bond donors (Lipinski definition) is 0. The van der Waals surface area contributed by atoms with Gasteiger partial charge in [0.2, 0.25) is 0 Å². The fourth-order valence-electron chi connectivity index (χ4n) is 7.56. The number of rotatable bonds is 4. The summed E-state index contributed by atoms with van der Waals surface area (Å²) in [5.41, 5.74) is 8.70. The monoisotopic (exact) mass is 736 g/mol. The van der Waals surface area contributed by atoms with Crippen molar-refractivity contribution in [1.29, 1.82) is 0 Å². The molecule has 2 aromatic carbocycles. The van der Waals surface area contributed by atoms with Crippen molar-refractivity contribution in [3.8, 4) is 11.1 Å². The summed E-state index contributed by atoms with van der Waals surface area (Å²) >= 11 is 1.74. The van der Waals surface area contributed by atoms with E-state index in [1.807, 2.05) is 15.4 Å². The van der Waals surface area contributed by atoms with E-state index in [1.165, 1.54) is 97.6 Å². The predicted molar refractivity (Wildman–Crippen MR) is 189 cm³/mol. The molecule has 4 aliphatic rings. The maximum atomic E-state index is 3.67. The summed E-state index contributed by atoms with van der Waals surface area (Å²) in [6.07, 6.45) is 26.0. The van der Waals surface area contributed by atoms with Crippen LogP contribution in [0.2, 0.25) is 0 Å². The van der Waals surface area contributed by atoms with Gasteiger partial charge in [-0.25, -0.2) is 12.2 Å². The second-order valence-corrected chi connectivity index (χ2v) is 17.6. The molecule has 0 aliphatic heterocycles. The van der Waals surface area contributed by atoms with Crippen LogP contribution in [0.1, 0.15) is 148 Å². The average Bonchev–Trinajstić information content (AvgIpc) is 3.72. The van der Waals surface area contributed by atoms with E-state index in [0.717, 1.165) is 36.5 Å². The van der Waals surface area contributed by atoms with E-state index in [9.17, 15) is 0 Å². The molecule has 0 saturated heterocycles. The Labute approximate surface area is 311 Å². The molecule has 0 nitrogen and oxygen atoms in total. The van der Waals surface area contributed by atoms with E-state index in [2.05, 4.69) is 104 Å². The first kappa shape index (κ1) is 41.4. The Balaban J connectivity index is 0.000000270. The molecule has 2 atom stereocenters. The van der Waals surface area contributed by atoms with Crippen LogP contribution in [-0.2, 0) is 41.5 Å². The first-order valence-electron chi connectivity index (χ1n) is 17.9. The summed E-state index contributed by atoms with van der Waals surface area (Å²) < 4.78 is 1.92. The normalized spacial score (nSPS) is 18.8. The summed E-state index contributed by atoms with van der Waals surface area (Å²) in [7, 11) is 0. The number of fused-ring (bicyclic) bond motifs is 3. The summed E-state index contributed by atoms with van der Waals surface area (Å²) in [6.45, 7) is 18.7. The molecular weight excluding hydrogens is 679 g/mol. The van der Waals surface area contributed by atoms with Crippen LogP contribution >= 0.6 is 0 Å². The van der Waals surface area contributed by atoms with Gasteiger partial charge in [-0.1, -0.05) is 65.3 Å². The second kappa shape index (κ2) is 18.9. The standard InChI is InChI=1S/C21H25.C17H30.C5H5.2ClH.Zr/c1-20(2,3)16-7-9-18-14(12-16)11-15-13-17(21(4,5)6)8-10-19(15)18;1-14(16-9-5-3-6-10-16)13-15(2)17-11-7-4-8-12-17;1-2-4-5-3-1;;;/h7-10,12H,11H2,1-6H3;14-17H,3-12H2,1-2H3;1-3H,4H2;2*1H;/q-1;;-1;;;+2/p-2. The van der Waals surface area contributed by atoms with Crippen LogP contribution in [-0.4, -0.2) is 3.21 Å². The van der Waals surface area contributed by atoms with Gasteiger partial charge in [0.1, 0.15) is 0 Å². The van der Waals surface area contributed by atoms with E-state index in [4.69, 9.17) is 0 Å². The third-order valence-electron chi connectivity index (χ3n) is 10.7. The van der Waals surface area contributed by atoms with Crippen molar-refractivity contribution in [2.24, 2.45) is 23.7 Å². The van der Waals surface area contributed by atoms with Gasteiger partial charge in [0.05, 0.1) is 0 Å². The van der Waals surface area contributed by atoms with Crippen LogP contribution < -0.4 is 24.8 Å². The van der Waals surface area contributed by atoms with E-state index < -0.39 is 0 Å². The van der Waals surface area contributed by atoms with Crippen molar-refractivity contribution in [3.63, 3.8) is 0 Å². The fourth-order valence-corrected chi connectivity index (χ4v) is 8.72. The minimum atomic E-state index is 0. The van der Waals surface area contributed by atoms with Crippen LogP contribution in [0.3, 0.4) is 0 Å². The smallest absolute Gasteiger partial charge is 0.109 e. The van der Waals surface area contributed by atoms with Gasteiger partial charge in [-0.05, 0) is 28.4 Å². The molecule has 4 aliphatic carbocycles. The largest absolute Gasteiger partial charge is 1.00 e. The second-order valence-electron chi connectivity index (χ2n) is 16.1. The van der Waals surface area contributed by atoms with Gasteiger partial charge >= 0.3 is 129 Å². The molecule has 0 amide bonds. The predicted octanol–water partition coefficient (Wildman–Crippen LogP) is 6.11. The van der Waals surface area contributed by atoms with Gasteiger partial charge in [-0.2, -0.15) is 29.8 Å². The molecule has 0 bridgehead atoms. The Morgan fingerprint density at radius 3 is 1.72 bits per heavy atom. The number of benzene rings is 2. The molecule has 0 N–H and O–H groups in total. The molecule has 0 aromatic heterocycles. The van der Waals surface area contributed by atoms with Crippen molar-refractivity contribution in [3.05, 3.63) is 83.0 Å². The van der Waals surface area contributed by atoms with E-state index in [1.54, 1.807) is 24.2 Å². The van der Waals surface area contributed by atoms with Crippen LogP contribution in [0, 0.1) is 35.8 Å². The van der Waals surface area contributed by atoms with E-state index in [0.29, 0.717) is 0 Å². The average molecular weight is 739 g/mol. The molecule has 2 unspecified atom stereocenters. The zero-order chi connectivity index (χ0) is 31.9. The maximum absolute atomic E-state index is 3.67. The van der Waals surface area contributed by atoms with Crippen molar-refractivity contribution in [2.75, 3.05) is 0 Å². The molecular formula is C43H60Cl2Zr-2. The van der Waals surface area contributed by atoms with Gasteiger partial charge < -0.3 is 24.8 Å². The van der Waals surface area contributed by atoms with Crippen LogP contribution in [0.4, 0.5) is 0 Å². The fraction of sp³-hybridized carbons (Fsp3) is 0.605. The molecule has 3 heteroatoms. The first-order valence-corrected chi connectivity index (χ1v) is 19.1. The maximum Gasteiger partial charge on any atom is -0.109 e. The Morgan fingerprint density at radius 2 is 1.28 bits per heavy atom. The van der Waals surface area contributed by atoms with Gasteiger partial charge in [0, 0.05) is 0 Å². The Morgan fingerprint density at radius 1 is 0.739 bits per heavy atom. The zero-order valence-electron chi connectivity index (χ0n) is 30.2. The quantitative estimate of drug-likeness (QED) is 0.284. The SMILES string of the molecule is CC(C)(C)c1[c-]c2c(cc1)-c1ccc(C(C)(C)C)cc1C2.CC([C](=[Zr+2])C(C)C1CCCCC1)C1CCCCC1.[C-]1=CC=CC1.[Cl-].[Cl-]. The minimum Gasteiger partial charge on any atom is -1.00 e. The number of hydrogen-bond acceptors (Lipinski definition) is 0. The Bertz CT molecular complexity index is 1200. The van der Waals surface area contributed by atoms with E-state index in [-0.39, 0.29) is 35.6 Å². The summed E-state index contributed by atoms with van der Waals surface area (Å²) in [5.74, 6) is 3.89. The van der Waals surface area contributed by atoms with Gasteiger partial charge in [-0.15, -0.1) is 17.5 Å². The summed E-state index contributed by atoms with van der Waals surface area (Å²) in [6, 6.07) is 15.2. The number of halogens is 2. The molecule has 2 fully saturated rings. The van der Waals surface area contributed by atoms with Gasteiger partial charge in [-0.3, -0.25) is 6.08 Å². The molecule has 252 valence electrons. The molecule has 0 radical (unpaired) electrons. The zero-order valence-corrected chi connectivity index (χ0v) is 34.1. The third kappa shape index (κ3) is 11.4.